The molecule has 0 fully saturated rings. The maximum Gasteiger partial charge on any atom is 0.339 e. The van der Waals surface area contributed by atoms with Crippen LogP contribution in [0.15, 0.2) is 27.4 Å². The van der Waals surface area contributed by atoms with E-state index in [4.69, 9.17) is 9.52 Å². The highest BCUT2D eigenvalue weighted by atomic mass is 79.9. The molecule has 0 aliphatic rings. The number of carboxylic acid groups (broad SMARTS) is 1. The van der Waals surface area contributed by atoms with E-state index in [0.717, 1.165) is 0 Å². The van der Waals surface area contributed by atoms with Gasteiger partial charge in [0.25, 0.3) is 0 Å². The van der Waals surface area contributed by atoms with Gasteiger partial charge in [-0.15, -0.1) is 0 Å². The topological polar surface area (TPSA) is 79.1 Å². The van der Waals surface area contributed by atoms with Gasteiger partial charge in [0.15, 0.2) is 10.4 Å². The van der Waals surface area contributed by atoms with Crippen LogP contribution in [0.4, 0.5) is 0 Å². The van der Waals surface area contributed by atoms with Crippen molar-refractivity contribution < 1.29 is 14.3 Å². The lowest BCUT2D eigenvalue weighted by molar-refractivity contribution is 0.0697. The number of hydrogen-bond donors (Lipinski definition) is 2. The number of H-pyrrole nitrogens is 1. The van der Waals surface area contributed by atoms with Crippen LogP contribution in [0.2, 0.25) is 0 Å². The molecule has 72 valence electrons. The minimum absolute atomic E-state index is 0.0897. The highest BCUT2D eigenvalue weighted by molar-refractivity contribution is 9.10. The number of carboxylic acids is 1. The van der Waals surface area contributed by atoms with Crippen molar-refractivity contribution in [2.75, 3.05) is 0 Å². The minimum Gasteiger partial charge on any atom is -0.478 e. The average molecular weight is 257 g/mol. The molecule has 2 aromatic heterocycles. The SMILES string of the molecule is O=C(O)c1cn[nH]c1-c1ccc(Br)o1. The Kier molecular flexibility index (Phi) is 2.12. The zero-order valence-electron chi connectivity index (χ0n) is 6.82. The van der Waals surface area contributed by atoms with Gasteiger partial charge in [-0.2, -0.15) is 5.10 Å². The average Bonchev–Trinajstić information content (AvgIpc) is 2.70. The predicted octanol–water partition coefficient (Wildman–Crippen LogP) is 2.13. The van der Waals surface area contributed by atoms with E-state index in [0.29, 0.717) is 16.1 Å². The Labute approximate surface area is 86.9 Å². The monoisotopic (exact) mass is 256 g/mol. The van der Waals surface area contributed by atoms with Crippen molar-refractivity contribution in [1.82, 2.24) is 10.2 Å². The number of carbonyl (C=O) groups is 1. The number of furan rings is 1. The van der Waals surface area contributed by atoms with Crippen molar-refractivity contribution >= 4 is 21.9 Å². The highest BCUT2D eigenvalue weighted by Crippen LogP contribution is 2.25. The largest absolute Gasteiger partial charge is 0.478 e. The van der Waals surface area contributed by atoms with Crippen molar-refractivity contribution in [3.05, 3.63) is 28.6 Å². The van der Waals surface area contributed by atoms with Crippen molar-refractivity contribution in [3.8, 4) is 11.5 Å². The summed E-state index contributed by atoms with van der Waals surface area (Å²) in [5, 5.41) is 15.0. The van der Waals surface area contributed by atoms with Crippen molar-refractivity contribution in [1.29, 1.82) is 0 Å². The Morgan fingerprint density at radius 3 is 2.93 bits per heavy atom. The number of aromatic carboxylic acids is 1. The zero-order valence-corrected chi connectivity index (χ0v) is 8.41. The second-order valence-electron chi connectivity index (χ2n) is 2.57. The van der Waals surface area contributed by atoms with Crippen LogP contribution < -0.4 is 0 Å². The lowest BCUT2D eigenvalue weighted by Crippen LogP contribution is -1.95. The van der Waals surface area contributed by atoms with Crippen LogP contribution in [-0.2, 0) is 0 Å². The first kappa shape index (κ1) is 9.01. The lowest BCUT2D eigenvalue weighted by atomic mass is 10.2. The Hall–Kier alpha value is -1.56. The summed E-state index contributed by atoms with van der Waals surface area (Å²) >= 11 is 3.13. The molecule has 2 N–H and O–H groups in total. The second-order valence-corrected chi connectivity index (χ2v) is 3.35. The molecule has 0 aromatic carbocycles. The second kappa shape index (κ2) is 3.30. The van der Waals surface area contributed by atoms with Gasteiger partial charge in [-0.05, 0) is 28.1 Å². The van der Waals surface area contributed by atoms with Crippen LogP contribution in [-0.4, -0.2) is 21.3 Å². The zero-order chi connectivity index (χ0) is 10.1. The summed E-state index contributed by atoms with van der Waals surface area (Å²) in [5.74, 6) is -0.604. The highest BCUT2D eigenvalue weighted by Gasteiger charge is 2.16. The Bertz CT molecular complexity index is 474. The van der Waals surface area contributed by atoms with E-state index in [-0.39, 0.29) is 5.56 Å². The first-order valence-corrected chi connectivity index (χ1v) is 4.50. The summed E-state index contributed by atoms with van der Waals surface area (Å²) in [6, 6.07) is 3.34. The molecule has 0 saturated heterocycles. The van der Waals surface area contributed by atoms with Crippen molar-refractivity contribution in [3.63, 3.8) is 0 Å². The summed E-state index contributed by atoms with van der Waals surface area (Å²) in [5.41, 5.74) is 0.454. The molecule has 0 saturated carbocycles. The van der Waals surface area contributed by atoms with E-state index in [2.05, 4.69) is 26.1 Å². The van der Waals surface area contributed by atoms with Crippen LogP contribution >= 0.6 is 15.9 Å². The smallest absolute Gasteiger partial charge is 0.339 e. The quantitative estimate of drug-likeness (QED) is 0.863. The standard InChI is InChI=1S/C8H5BrN2O3/c9-6-2-1-5(14-6)7-4(8(12)13)3-10-11-7/h1-3H,(H,10,11)(H,12,13). The fourth-order valence-corrected chi connectivity index (χ4v) is 1.39. The van der Waals surface area contributed by atoms with Crippen LogP contribution in [0, 0.1) is 0 Å². The third kappa shape index (κ3) is 1.44. The van der Waals surface area contributed by atoms with E-state index in [1.54, 1.807) is 12.1 Å². The van der Waals surface area contributed by atoms with Gasteiger partial charge in [0.05, 0.1) is 6.20 Å². The summed E-state index contributed by atoms with van der Waals surface area (Å²) in [7, 11) is 0. The number of nitrogens with one attached hydrogen (secondary N) is 1. The fourth-order valence-electron chi connectivity index (χ4n) is 1.08. The van der Waals surface area contributed by atoms with E-state index in [1.165, 1.54) is 6.20 Å². The van der Waals surface area contributed by atoms with Gasteiger partial charge < -0.3 is 9.52 Å². The molecule has 6 heteroatoms. The molecule has 5 nitrogen and oxygen atoms in total. The van der Waals surface area contributed by atoms with Crippen LogP contribution in [0.3, 0.4) is 0 Å². The summed E-state index contributed by atoms with van der Waals surface area (Å²) in [6.07, 6.45) is 1.24. The number of nitrogens with zero attached hydrogens (tertiary/aromatic N) is 1. The van der Waals surface area contributed by atoms with Gasteiger partial charge in [-0.25, -0.2) is 4.79 Å². The molecular formula is C8H5BrN2O3. The summed E-state index contributed by atoms with van der Waals surface area (Å²) in [4.78, 5) is 10.7. The number of aromatic nitrogens is 2. The summed E-state index contributed by atoms with van der Waals surface area (Å²) in [6.45, 7) is 0. The van der Waals surface area contributed by atoms with Gasteiger partial charge in [-0.3, -0.25) is 5.10 Å². The van der Waals surface area contributed by atoms with Crippen molar-refractivity contribution in [2.24, 2.45) is 0 Å². The van der Waals surface area contributed by atoms with Gasteiger partial charge in [0.1, 0.15) is 11.3 Å². The number of rotatable bonds is 2. The number of hydrogen-bond acceptors (Lipinski definition) is 3. The third-order valence-corrected chi connectivity index (χ3v) is 2.12. The molecule has 14 heavy (non-hydrogen) atoms. The van der Waals surface area contributed by atoms with Crippen LogP contribution in [0.25, 0.3) is 11.5 Å². The van der Waals surface area contributed by atoms with Gasteiger partial charge in [0, 0.05) is 0 Å². The molecule has 2 aromatic rings. The Balaban J connectivity index is 2.51. The molecule has 2 heterocycles. The molecule has 0 radical (unpaired) electrons. The number of aromatic amines is 1. The fraction of sp³-hybridized carbons (Fsp3) is 0. The van der Waals surface area contributed by atoms with Crippen molar-refractivity contribution in [2.45, 2.75) is 0 Å². The normalized spacial score (nSPS) is 10.4. The van der Waals surface area contributed by atoms with Gasteiger partial charge in [-0.1, -0.05) is 0 Å². The molecular weight excluding hydrogens is 252 g/mol. The minimum atomic E-state index is -1.04. The van der Waals surface area contributed by atoms with Gasteiger partial charge >= 0.3 is 5.97 Å². The summed E-state index contributed by atoms with van der Waals surface area (Å²) < 4.78 is 5.74. The first-order valence-electron chi connectivity index (χ1n) is 3.71. The predicted molar refractivity (Wildman–Crippen MR) is 50.9 cm³/mol. The van der Waals surface area contributed by atoms with E-state index < -0.39 is 5.97 Å². The Morgan fingerprint density at radius 1 is 1.57 bits per heavy atom. The molecule has 0 aliphatic carbocycles. The lowest BCUT2D eigenvalue weighted by Gasteiger charge is -1.93. The number of halogens is 1. The molecule has 2 rings (SSSR count). The van der Waals surface area contributed by atoms with E-state index in [1.807, 2.05) is 0 Å². The van der Waals surface area contributed by atoms with Crippen LogP contribution in [0.5, 0.6) is 0 Å². The van der Waals surface area contributed by atoms with E-state index >= 15 is 0 Å². The first-order chi connectivity index (χ1) is 6.68. The molecule has 0 aliphatic heterocycles. The molecule has 0 atom stereocenters. The molecule has 0 spiro atoms. The Morgan fingerprint density at radius 2 is 2.36 bits per heavy atom. The molecule has 0 unspecified atom stereocenters. The van der Waals surface area contributed by atoms with E-state index in [9.17, 15) is 4.79 Å². The van der Waals surface area contributed by atoms with Crippen LogP contribution in [0.1, 0.15) is 10.4 Å². The third-order valence-electron chi connectivity index (χ3n) is 1.69. The maximum atomic E-state index is 10.7. The maximum absolute atomic E-state index is 10.7. The van der Waals surface area contributed by atoms with Gasteiger partial charge in [0.2, 0.25) is 0 Å². The molecule has 0 amide bonds. The molecule has 0 bridgehead atoms.